The second-order valence-electron chi connectivity index (χ2n) is 4.61. The summed E-state index contributed by atoms with van der Waals surface area (Å²) >= 11 is 0. The minimum Gasteiger partial charge on any atom is -0.478 e. The lowest BCUT2D eigenvalue weighted by Gasteiger charge is -2.15. The van der Waals surface area contributed by atoms with Crippen LogP contribution in [-0.2, 0) is 4.79 Å². The van der Waals surface area contributed by atoms with E-state index in [9.17, 15) is 18.4 Å². The molecular weight excluding hydrogens is 306 g/mol. The lowest BCUT2D eigenvalue weighted by atomic mass is 10.2. The number of carbonyl (C=O) groups is 2. The SMILES string of the molecule is C[C@H](Oc1ccccc1F)C(=O)NNC(=O)c1ccccc1F. The van der Waals surface area contributed by atoms with Crippen LogP contribution in [0.5, 0.6) is 5.75 Å². The van der Waals surface area contributed by atoms with E-state index in [1.807, 2.05) is 0 Å². The van der Waals surface area contributed by atoms with E-state index in [2.05, 4.69) is 10.9 Å². The molecule has 0 saturated carbocycles. The lowest BCUT2D eigenvalue weighted by Crippen LogP contribution is -2.47. The summed E-state index contributed by atoms with van der Waals surface area (Å²) < 4.78 is 32.0. The van der Waals surface area contributed by atoms with E-state index in [1.54, 1.807) is 6.07 Å². The standard InChI is InChI=1S/C16H14F2N2O3/c1-10(23-14-9-5-4-8-13(14)18)15(21)19-20-16(22)11-6-2-3-7-12(11)17/h2-10H,1H3,(H,19,21)(H,20,22)/t10-/m0/s1. The average Bonchev–Trinajstić information content (AvgIpc) is 2.54. The van der Waals surface area contributed by atoms with Crippen LogP contribution in [0.15, 0.2) is 48.5 Å². The Bertz CT molecular complexity index is 722. The van der Waals surface area contributed by atoms with Gasteiger partial charge < -0.3 is 4.74 Å². The predicted octanol–water partition coefficient (Wildman–Crippen LogP) is 2.19. The molecule has 2 rings (SSSR count). The molecule has 2 N–H and O–H groups in total. The van der Waals surface area contributed by atoms with Gasteiger partial charge >= 0.3 is 0 Å². The van der Waals surface area contributed by atoms with Crippen molar-refractivity contribution in [3.63, 3.8) is 0 Å². The van der Waals surface area contributed by atoms with Crippen molar-refractivity contribution in [3.05, 3.63) is 65.7 Å². The van der Waals surface area contributed by atoms with Gasteiger partial charge in [-0.1, -0.05) is 24.3 Å². The Kier molecular flexibility index (Phi) is 5.24. The van der Waals surface area contributed by atoms with Gasteiger partial charge in [-0.05, 0) is 31.2 Å². The lowest BCUT2D eigenvalue weighted by molar-refractivity contribution is -0.128. The first-order valence-corrected chi connectivity index (χ1v) is 6.75. The number of halogens is 2. The molecule has 0 radical (unpaired) electrons. The Morgan fingerprint density at radius 1 is 0.957 bits per heavy atom. The van der Waals surface area contributed by atoms with Gasteiger partial charge in [-0.2, -0.15) is 0 Å². The molecule has 23 heavy (non-hydrogen) atoms. The third kappa shape index (κ3) is 4.26. The van der Waals surface area contributed by atoms with Gasteiger partial charge in [-0.15, -0.1) is 0 Å². The number of carbonyl (C=O) groups excluding carboxylic acids is 2. The Balaban J connectivity index is 1.91. The third-order valence-corrected chi connectivity index (χ3v) is 2.93. The summed E-state index contributed by atoms with van der Waals surface area (Å²) in [4.78, 5) is 23.6. The maximum Gasteiger partial charge on any atom is 0.279 e. The van der Waals surface area contributed by atoms with Gasteiger partial charge in [-0.3, -0.25) is 20.4 Å². The summed E-state index contributed by atoms with van der Waals surface area (Å²) in [6, 6.07) is 10.9. The predicted molar refractivity (Wildman–Crippen MR) is 78.5 cm³/mol. The monoisotopic (exact) mass is 320 g/mol. The molecule has 0 aliphatic rings. The molecule has 0 aliphatic heterocycles. The molecule has 2 aromatic carbocycles. The smallest absolute Gasteiger partial charge is 0.279 e. The number of para-hydroxylation sites is 1. The number of benzene rings is 2. The highest BCUT2D eigenvalue weighted by molar-refractivity contribution is 5.95. The van der Waals surface area contributed by atoms with Crippen LogP contribution in [0.1, 0.15) is 17.3 Å². The van der Waals surface area contributed by atoms with Crippen LogP contribution in [0.4, 0.5) is 8.78 Å². The highest BCUT2D eigenvalue weighted by Crippen LogP contribution is 2.16. The van der Waals surface area contributed by atoms with Crippen molar-refractivity contribution >= 4 is 11.8 Å². The van der Waals surface area contributed by atoms with Crippen LogP contribution in [0.25, 0.3) is 0 Å². The summed E-state index contributed by atoms with van der Waals surface area (Å²) in [5, 5.41) is 0. The zero-order valence-corrected chi connectivity index (χ0v) is 12.2. The normalized spacial score (nSPS) is 11.4. The van der Waals surface area contributed by atoms with Gasteiger partial charge in [0.05, 0.1) is 5.56 Å². The Hall–Kier alpha value is -2.96. The maximum absolute atomic E-state index is 13.4. The molecule has 0 heterocycles. The molecule has 120 valence electrons. The zero-order valence-electron chi connectivity index (χ0n) is 12.2. The molecule has 2 aromatic rings. The molecule has 0 saturated heterocycles. The van der Waals surface area contributed by atoms with Crippen molar-refractivity contribution in [2.75, 3.05) is 0 Å². The molecule has 0 aromatic heterocycles. The van der Waals surface area contributed by atoms with Crippen molar-refractivity contribution in [1.29, 1.82) is 0 Å². The Labute approximate surface area is 131 Å². The van der Waals surface area contributed by atoms with E-state index in [1.165, 1.54) is 43.3 Å². The fourth-order valence-corrected chi connectivity index (χ4v) is 1.72. The number of amides is 2. The summed E-state index contributed by atoms with van der Waals surface area (Å²) in [6.45, 7) is 1.39. The number of rotatable bonds is 4. The van der Waals surface area contributed by atoms with Crippen molar-refractivity contribution < 1.29 is 23.1 Å². The van der Waals surface area contributed by atoms with E-state index < -0.39 is 29.6 Å². The van der Waals surface area contributed by atoms with Gasteiger partial charge in [0.25, 0.3) is 11.8 Å². The molecular formula is C16H14F2N2O3. The fraction of sp³-hybridized carbons (Fsp3) is 0.125. The number of nitrogens with one attached hydrogen (secondary N) is 2. The van der Waals surface area contributed by atoms with Crippen LogP contribution in [0.3, 0.4) is 0 Å². The molecule has 2 amide bonds. The van der Waals surface area contributed by atoms with Gasteiger partial charge in [0.1, 0.15) is 5.82 Å². The van der Waals surface area contributed by atoms with E-state index in [-0.39, 0.29) is 11.3 Å². The molecule has 0 bridgehead atoms. The minimum atomic E-state index is -1.06. The highest BCUT2D eigenvalue weighted by Gasteiger charge is 2.18. The number of ether oxygens (including phenoxy) is 1. The zero-order chi connectivity index (χ0) is 16.8. The molecule has 5 nitrogen and oxygen atoms in total. The van der Waals surface area contributed by atoms with Crippen LogP contribution >= 0.6 is 0 Å². The van der Waals surface area contributed by atoms with Gasteiger partial charge in [0.15, 0.2) is 17.7 Å². The highest BCUT2D eigenvalue weighted by atomic mass is 19.1. The van der Waals surface area contributed by atoms with Crippen molar-refractivity contribution in [2.24, 2.45) is 0 Å². The fourth-order valence-electron chi connectivity index (χ4n) is 1.72. The van der Waals surface area contributed by atoms with Crippen LogP contribution in [-0.4, -0.2) is 17.9 Å². The second-order valence-corrected chi connectivity index (χ2v) is 4.61. The minimum absolute atomic E-state index is 0.0874. The molecule has 0 spiro atoms. The third-order valence-electron chi connectivity index (χ3n) is 2.93. The topological polar surface area (TPSA) is 67.4 Å². The van der Waals surface area contributed by atoms with E-state index in [0.717, 1.165) is 6.07 Å². The van der Waals surface area contributed by atoms with Gasteiger partial charge in [0.2, 0.25) is 0 Å². The van der Waals surface area contributed by atoms with Crippen molar-refractivity contribution in [2.45, 2.75) is 13.0 Å². The quantitative estimate of drug-likeness (QED) is 0.849. The van der Waals surface area contributed by atoms with E-state index in [4.69, 9.17) is 4.74 Å². The van der Waals surface area contributed by atoms with Gasteiger partial charge in [0, 0.05) is 0 Å². The summed E-state index contributed by atoms with van der Waals surface area (Å²) in [6.07, 6.45) is -1.06. The summed E-state index contributed by atoms with van der Waals surface area (Å²) in [7, 11) is 0. The molecule has 0 unspecified atom stereocenters. The first-order valence-electron chi connectivity index (χ1n) is 6.75. The summed E-state index contributed by atoms with van der Waals surface area (Å²) in [5.74, 6) is -2.93. The largest absolute Gasteiger partial charge is 0.478 e. The average molecular weight is 320 g/mol. The summed E-state index contributed by atoms with van der Waals surface area (Å²) in [5.41, 5.74) is 3.95. The molecule has 0 aliphatic carbocycles. The van der Waals surface area contributed by atoms with E-state index in [0.29, 0.717) is 0 Å². The van der Waals surface area contributed by atoms with E-state index >= 15 is 0 Å². The van der Waals surface area contributed by atoms with Crippen molar-refractivity contribution in [3.8, 4) is 5.75 Å². The Morgan fingerprint density at radius 3 is 2.22 bits per heavy atom. The Morgan fingerprint density at radius 2 is 1.57 bits per heavy atom. The first kappa shape index (κ1) is 16.4. The maximum atomic E-state index is 13.4. The van der Waals surface area contributed by atoms with Crippen LogP contribution in [0.2, 0.25) is 0 Å². The van der Waals surface area contributed by atoms with Crippen LogP contribution in [0, 0.1) is 11.6 Å². The number of hydrogen-bond donors (Lipinski definition) is 2. The number of hydrogen-bond acceptors (Lipinski definition) is 3. The second kappa shape index (κ2) is 7.35. The number of hydrazine groups is 1. The molecule has 7 heteroatoms. The van der Waals surface area contributed by atoms with Gasteiger partial charge in [-0.25, -0.2) is 8.78 Å². The molecule has 0 fully saturated rings. The molecule has 1 atom stereocenters. The van der Waals surface area contributed by atoms with Crippen molar-refractivity contribution in [1.82, 2.24) is 10.9 Å². The van der Waals surface area contributed by atoms with Crippen LogP contribution < -0.4 is 15.6 Å². The first-order chi connectivity index (χ1) is 11.0.